The highest BCUT2D eigenvalue weighted by molar-refractivity contribution is 7.99. The monoisotopic (exact) mass is 1120 g/mol. The van der Waals surface area contributed by atoms with Gasteiger partial charge in [0.1, 0.15) is 11.6 Å². The van der Waals surface area contributed by atoms with Crippen LogP contribution in [0.2, 0.25) is 0 Å². The number of rotatable bonds is 24. The minimum absolute atomic E-state index is 0.00956. The second-order valence-corrected chi connectivity index (χ2v) is 24.6. The molecule has 4 aromatic rings. The molecule has 2 aromatic heterocycles. The topological polar surface area (TPSA) is 204 Å². The lowest BCUT2D eigenvalue weighted by atomic mass is 9.87. The van der Waals surface area contributed by atoms with E-state index in [2.05, 4.69) is 0 Å². The smallest absolute Gasteiger partial charge is 0.308 e. The van der Waals surface area contributed by atoms with Gasteiger partial charge in [0.15, 0.2) is 11.6 Å². The molecule has 16 nitrogen and oxygen atoms in total. The van der Waals surface area contributed by atoms with Gasteiger partial charge in [-0.25, -0.2) is 41.4 Å². The molecule has 2 fully saturated rings. The van der Waals surface area contributed by atoms with Gasteiger partial charge in [-0.15, -0.1) is 0 Å². The highest BCUT2D eigenvalue weighted by Gasteiger charge is 2.48. The Labute approximate surface area is 463 Å². The Morgan fingerprint density at radius 3 is 2.04 bits per heavy atom. The second kappa shape index (κ2) is 27.2. The first-order chi connectivity index (χ1) is 36.8. The van der Waals surface area contributed by atoms with Gasteiger partial charge >= 0.3 is 11.9 Å². The quantitative estimate of drug-likeness (QED) is 0.0290. The Morgan fingerprint density at radius 1 is 0.808 bits per heavy atom. The summed E-state index contributed by atoms with van der Waals surface area (Å²) in [6.07, 6.45) is 12.2. The van der Waals surface area contributed by atoms with Crippen molar-refractivity contribution in [3.05, 3.63) is 94.3 Å². The maximum absolute atomic E-state index is 16.5. The van der Waals surface area contributed by atoms with Crippen molar-refractivity contribution in [1.29, 1.82) is 0 Å². The molecule has 0 bridgehead atoms. The molecule has 3 atom stereocenters. The molecule has 426 valence electrons. The molecule has 2 N–H and O–H groups in total. The zero-order chi connectivity index (χ0) is 57.1. The number of hydrogen-bond acceptors (Lipinski definition) is 16. The number of hydrogen-bond donors (Lipinski definition) is 2. The number of benzene rings is 2. The Hall–Kier alpha value is -5.38. The molecule has 78 heavy (non-hydrogen) atoms. The Kier molecular flexibility index (Phi) is 21.6. The van der Waals surface area contributed by atoms with E-state index in [4.69, 9.17) is 38.9 Å². The van der Waals surface area contributed by atoms with Crippen molar-refractivity contribution in [1.82, 2.24) is 19.9 Å². The number of aromatic nitrogens is 4. The lowest BCUT2D eigenvalue weighted by molar-refractivity contribution is -0.343. The molecule has 0 radical (unpaired) electrons. The fourth-order valence-electron chi connectivity index (χ4n) is 9.20. The summed E-state index contributed by atoms with van der Waals surface area (Å²) in [5, 5.41) is 20.9. The molecule has 20 heteroatoms. The van der Waals surface area contributed by atoms with E-state index in [1.807, 2.05) is 90.4 Å². The third-order valence-corrected chi connectivity index (χ3v) is 15.5. The fourth-order valence-corrected chi connectivity index (χ4v) is 9.83. The number of halogens is 2. The number of nitrogens with zero attached hydrogens (tertiary/aromatic N) is 6. The number of unbranched alkanes of at least 4 members (excludes halogenated alkanes) is 2. The van der Waals surface area contributed by atoms with Gasteiger partial charge < -0.3 is 29.2 Å². The van der Waals surface area contributed by atoms with Crippen molar-refractivity contribution in [2.24, 2.45) is 11.8 Å². The predicted molar refractivity (Wildman–Crippen MR) is 302 cm³/mol. The number of ether oxygens (including phenoxy) is 4. The van der Waals surface area contributed by atoms with Crippen LogP contribution in [0.15, 0.2) is 54.6 Å². The molecule has 1 unspecified atom stereocenters. The summed E-state index contributed by atoms with van der Waals surface area (Å²) in [5.41, 5.74) is 4.64. The van der Waals surface area contributed by atoms with E-state index in [9.17, 15) is 32.6 Å². The lowest BCUT2D eigenvalue weighted by Crippen LogP contribution is -2.53. The van der Waals surface area contributed by atoms with Crippen LogP contribution in [-0.4, -0.2) is 114 Å². The lowest BCUT2D eigenvalue weighted by Gasteiger charge is -2.48. The summed E-state index contributed by atoms with van der Waals surface area (Å²) in [5.74, 6) is -4.70. The molecule has 2 aliphatic rings. The zero-order valence-electron chi connectivity index (χ0n) is 46.9. The van der Waals surface area contributed by atoms with Crippen molar-refractivity contribution in [3.8, 4) is 22.5 Å². The minimum Gasteiger partial charge on any atom is -0.465 e. The van der Waals surface area contributed by atoms with E-state index in [0.717, 1.165) is 10.6 Å². The number of esters is 2. The van der Waals surface area contributed by atoms with Crippen molar-refractivity contribution >= 4 is 58.0 Å². The van der Waals surface area contributed by atoms with Gasteiger partial charge in [0, 0.05) is 87.0 Å². The van der Waals surface area contributed by atoms with Gasteiger partial charge in [0.2, 0.25) is 21.9 Å². The average Bonchev–Trinajstić information content (AvgIpc) is 3.49. The second-order valence-electron chi connectivity index (χ2n) is 21.7. The summed E-state index contributed by atoms with van der Waals surface area (Å²) in [4.78, 5) is 45.1. The Balaban J connectivity index is 1.42. The van der Waals surface area contributed by atoms with Crippen LogP contribution in [0.3, 0.4) is 0 Å². The third kappa shape index (κ3) is 17.1. The van der Waals surface area contributed by atoms with Crippen molar-refractivity contribution in [2.75, 3.05) is 48.4 Å². The summed E-state index contributed by atoms with van der Waals surface area (Å²) in [7, 11) is -0.644. The van der Waals surface area contributed by atoms with Crippen LogP contribution >= 0.6 is 11.9 Å². The number of sulfonamides is 1. The molecular weight excluding hydrogens is 1040 g/mol. The van der Waals surface area contributed by atoms with E-state index in [1.165, 1.54) is 37.2 Å². The molecule has 1 aliphatic heterocycles. The largest absolute Gasteiger partial charge is 0.465 e. The predicted octanol–water partition coefficient (Wildman–Crippen LogP) is 11.0. The normalized spacial score (nSPS) is 17.9. The number of aliphatic hydroxyl groups is 2. The molecule has 1 saturated heterocycles. The molecule has 6 rings (SSSR count). The van der Waals surface area contributed by atoms with E-state index >= 15 is 4.39 Å². The fraction of sp³-hybridized carbons (Fsp3) is 0.552. The molecule has 3 heterocycles. The van der Waals surface area contributed by atoms with Crippen LogP contribution in [0.4, 0.5) is 20.7 Å². The molecule has 1 aliphatic carbocycles. The van der Waals surface area contributed by atoms with Crippen molar-refractivity contribution in [3.63, 3.8) is 0 Å². The molecular formula is C58H78F2N6O10S2. The maximum Gasteiger partial charge on any atom is 0.308 e. The van der Waals surface area contributed by atoms with E-state index in [0.29, 0.717) is 88.8 Å². The number of allylic oxidation sites excluding steroid dienone is 1. The summed E-state index contributed by atoms with van der Waals surface area (Å²) < 4.78 is 83.8. The summed E-state index contributed by atoms with van der Waals surface area (Å²) >= 11 is 1.41. The standard InChI is InChI=1S/C58H78F2N6O10S2/c1-36(2)34-73-49(67)17-15-13-12-14-16-46-52(62-55(65(8)77-10)63-53(46)40-18-21-43(59)22-19-40)39(7)30-42-31-41(20-25-48(42)60)54-47(51(38(5)6)61-56(64-54)66(9)78(11,71)72)24-23-44-32-45(33-50(68)74-35-37(3)4)76-58(75-44)28-26-57(69,70)27-29-58/h14,16,18-25,31,36-39,44-45,69-70H,12-13,15,17,26-30,32-35H2,1-11H3/b16-14+,24-23+/t39?,44-,45-/m1/s1. The Morgan fingerprint density at radius 2 is 1.41 bits per heavy atom. The zero-order valence-corrected chi connectivity index (χ0v) is 48.6. The van der Waals surface area contributed by atoms with Crippen LogP contribution in [-0.2, 0) is 45.0 Å². The summed E-state index contributed by atoms with van der Waals surface area (Å²) in [6, 6.07) is 10.7. The molecule has 1 spiro atoms. The van der Waals surface area contributed by atoms with Crippen LogP contribution in [0.1, 0.15) is 153 Å². The highest BCUT2D eigenvalue weighted by Crippen LogP contribution is 2.44. The first-order valence-electron chi connectivity index (χ1n) is 26.8. The average molecular weight is 1120 g/mol. The third-order valence-electron chi connectivity index (χ3n) is 13.6. The maximum atomic E-state index is 16.5. The van der Waals surface area contributed by atoms with E-state index < -0.39 is 57.3 Å². The van der Waals surface area contributed by atoms with Gasteiger partial charge in [0.05, 0.1) is 60.9 Å². The van der Waals surface area contributed by atoms with E-state index in [-0.39, 0.29) is 81.2 Å². The van der Waals surface area contributed by atoms with E-state index in [1.54, 1.807) is 24.3 Å². The van der Waals surface area contributed by atoms with Crippen LogP contribution in [0.5, 0.6) is 0 Å². The van der Waals surface area contributed by atoms with Crippen LogP contribution in [0.25, 0.3) is 34.7 Å². The highest BCUT2D eigenvalue weighted by atomic mass is 32.2. The van der Waals surface area contributed by atoms with Crippen molar-refractivity contribution < 1.29 is 55.9 Å². The van der Waals surface area contributed by atoms with Gasteiger partial charge in [-0.1, -0.05) is 84.7 Å². The van der Waals surface area contributed by atoms with Crippen LogP contribution in [0, 0.1) is 23.5 Å². The molecule has 0 amide bonds. The number of anilines is 2. The Bertz CT molecular complexity index is 2870. The first-order valence-corrected chi connectivity index (χ1v) is 29.9. The SMILES string of the molecule is CSN(C)c1nc(-c2ccc(F)cc2)c(/C=C/CCCCC(=O)OCC(C)C)c(C(C)Cc2cc(-c3nc(N(C)S(C)(=O)=O)nc(C(C)C)c3/C=C/[C@@H]3C[C@H](CC(=O)OCC(C)C)OC4(CCC(O)(O)CC4)O3)ccc2F)n1. The minimum atomic E-state index is -3.85. The van der Waals surface area contributed by atoms with Gasteiger partial charge in [0.25, 0.3) is 0 Å². The molecule has 2 aromatic carbocycles. The van der Waals surface area contributed by atoms with Crippen LogP contribution < -0.4 is 8.61 Å². The first kappa shape index (κ1) is 61.8. The molecule has 1 saturated carbocycles. The van der Waals surface area contributed by atoms with Gasteiger partial charge in [-0.2, -0.15) is 0 Å². The van der Waals surface area contributed by atoms with Gasteiger partial charge in [-0.05, 0) is 91.5 Å². The number of carbonyl (C=O) groups excluding carboxylic acids is 2. The summed E-state index contributed by atoms with van der Waals surface area (Å²) in [6.45, 7) is 14.3. The van der Waals surface area contributed by atoms with Crippen molar-refractivity contribution in [2.45, 2.75) is 155 Å². The number of carbonyl (C=O) groups is 2. The van der Waals surface area contributed by atoms with Gasteiger partial charge in [-0.3, -0.25) is 13.9 Å².